The average Bonchev–Trinajstić information content (AvgIpc) is 2.62. The van der Waals surface area contributed by atoms with Gasteiger partial charge in [-0.05, 0) is 57.2 Å². The summed E-state index contributed by atoms with van der Waals surface area (Å²) in [5.41, 5.74) is 0.548. The first-order valence-electron chi connectivity index (χ1n) is 8.87. The van der Waals surface area contributed by atoms with Gasteiger partial charge in [-0.25, -0.2) is 0 Å². The lowest BCUT2D eigenvalue weighted by molar-refractivity contribution is -0.128. The van der Waals surface area contributed by atoms with Crippen molar-refractivity contribution in [1.82, 2.24) is 5.32 Å². The molecule has 1 aliphatic rings. The summed E-state index contributed by atoms with van der Waals surface area (Å²) < 4.78 is 18.1. The second-order valence-electron chi connectivity index (χ2n) is 7.24. The Morgan fingerprint density at radius 3 is 2.56 bits per heavy atom. The largest absolute Gasteiger partial charge is 0.497 e. The molecular formula is C21H24BrNO4. The lowest BCUT2D eigenvalue weighted by Gasteiger charge is -2.38. The number of nitrogens with one attached hydrogen (secondary N) is 1. The zero-order valence-corrected chi connectivity index (χ0v) is 17.5. The van der Waals surface area contributed by atoms with Gasteiger partial charge in [-0.15, -0.1) is 0 Å². The third-order valence-electron chi connectivity index (χ3n) is 4.49. The number of ether oxygens (including phenoxy) is 3. The van der Waals surface area contributed by atoms with Gasteiger partial charge < -0.3 is 19.5 Å². The van der Waals surface area contributed by atoms with Gasteiger partial charge in [0.05, 0.1) is 13.2 Å². The third kappa shape index (κ3) is 4.75. The number of benzene rings is 2. The van der Waals surface area contributed by atoms with Gasteiger partial charge in [0.15, 0.2) is 6.10 Å². The van der Waals surface area contributed by atoms with Crippen LogP contribution in [0.15, 0.2) is 46.9 Å². The molecule has 1 heterocycles. The van der Waals surface area contributed by atoms with E-state index in [0.29, 0.717) is 12.2 Å². The minimum atomic E-state index is -0.612. The summed E-state index contributed by atoms with van der Waals surface area (Å²) in [6, 6.07) is 12.9. The molecule has 3 rings (SSSR count). The van der Waals surface area contributed by atoms with Crippen LogP contribution >= 0.6 is 15.9 Å². The number of hydrogen-bond donors (Lipinski definition) is 1. The van der Waals surface area contributed by atoms with Crippen molar-refractivity contribution in [3.8, 4) is 17.2 Å². The topological polar surface area (TPSA) is 56.8 Å². The molecule has 144 valence electrons. The summed E-state index contributed by atoms with van der Waals surface area (Å²) in [5.74, 6) is 1.95. The summed E-state index contributed by atoms with van der Waals surface area (Å²) in [6.45, 7) is 5.77. The van der Waals surface area contributed by atoms with Gasteiger partial charge in [-0.3, -0.25) is 4.79 Å². The minimum absolute atomic E-state index is 0.155. The number of carbonyl (C=O) groups excluding carboxylic acids is 1. The molecule has 0 bridgehead atoms. The summed E-state index contributed by atoms with van der Waals surface area (Å²) in [6.07, 6.45) is 0.0575. The number of rotatable bonds is 5. The van der Waals surface area contributed by atoms with Crippen molar-refractivity contribution in [3.05, 3.63) is 52.5 Å². The number of amides is 1. The van der Waals surface area contributed by atoms with Gasteiger partial charge in [0.1, 0.15) is 22.8 Å². The van der Waals surface area contributed by atoms with Crippen molar-refractivity contribution in [3.63, 3.8) is 0 Å². The van der Waals surface area contributed by atoms with Crippen molar-refractivity contribution in [2.75, 3.05) is 7.11 Å². The van der Waals surface area contributed by atoms with Gasteiger partial charge >= 0.3 is 0 Å². The average molecular weight is 434 g/mol. The standard InChI is InChI=1S/C21H24BrNO4/c1-13(26-15-7-5-14(22)6-8-15)20(24)23-18-12-21(2,3)27-19-11-16(25-4)9-10-17(18)19/h5-11,13,18H,12H2,1-4H3,(H,23,24)/t13-,18-/m0/s1. The quantitative estimate of drug-likeness (QED) is 0.745. The maximum Gasteiger partial charge on any atom is 0.261 e. The molecule has 0 radical (unpaired) electrons. The zero-order chi connectivity index (χ0) is 19.6. The molecule has 5 nitrogen and oxygen atoms in total. The van der Waals surface area contributed by atoms with Crippen LogP contribution in [0.3, 0.4) is 0 Å². The second-order valence-corrected chi connectivity index (χ2v) is 8.16. The van der Waals surface area contributed by atoms with Crippen molar-refractivity contribution in [2.45, 2.75) is 44.9 Å². The van der Waals surface area contributed by atoms with Crippen LogP contribution in [-0.2, 0) is 4.79 Å². The molecule has 0 spiro atoms. The Hall–Kier alpha value is -2.21. The van der Waals surface area contributed by atoms with E-state index in [-0.39, 0.29) is 11.9 Å². The first-order chi connectivity index (χ1) is 12.8. The van der Waals surface area contributed by atoms with Crippen LogP contribution in [0.2, 0.25) is 0 Å². The fraction of sp³-hybridized carbons (Fsp3) is 0.381. The molecule has 1 aliphatic heterocycles. The van der Waals surface area contributed by atoms with Crippen LogP contribution in [0.1, 0.15) is 38.8 Å². The van der Waals surface area contributed by atoms with Gasteiger partial charge in [-0.2, -0.15) is 0 Å². The molecule has 0 fully saturated rings. The van der Waals surface area contributed by atoms with E-state index in [2.05, 4.69) is 21.2 Å². The minimum Gasteiger partial charge on any atom is -0.497 e. The Labute approximate surface area is 168 Å². The molecule has 0 aliphatic carbocycles. The third-order valence-corrected chi connectivity index (χ3v) is 5.02. The Morgan fingerprint density at radius 2 is 1.89 bits per heavy atom. The molecule has 2 aromatic rings. The number of hydrogen-bond acceptors (Lipinski definition) is 4. The molecule has 0 aromatic heterocycles. The summed E-state index contributed by atoms with van der Waals surface area (Å²) in [4.78, 5) is 12.7. The van der Waals surface area contributed by atoms with E-state index in [0.717, 1.165) is 21.5 Å². The van der Waals surface area contributed by atoms with Crippen LogP contribution in [0.5, 0.6) is 17.2 Å². The highest BCUT2D eigenvalue weighted by Gasteiger charge is 2.35. The molecule has 27 heavy (non-hydrogen) atoms. The van der Waals surface area contributed by atoms with Gasteiger partial charge in [0.2, 0.25) is 0 Å². The van der Waals surface area contributed by atoms with E-state index < -0.39 is 11.7 Å². The summed E-state index contributed by atoms with van der Waals surface area (Å²) >= 11 is 3.39. The number of halogens is 1. The Morgan fingerprint density at radius 1 is 1.22 bits per heavy atom. The Balaban J connectivity index is 1.74. The van der Waals surface area contributed by atoms with E-state index in [1.165, 1.54) is 0 Å². The van der Waals surface area contributed by atoms with Gasteiger partial charge in [0.25, 0.3) is 5.91 Å². The SMILES string of the molecule is COc1ccc2c(c1)OC(C)(C)C[C@@H]2NC(=O)[C@H](C)Oc1ccc(Br)cc1. The predicted octanol–water partition coefficient (Wildman–Crippen LogP) is 4.64. The molecule has 0 saturated heterocycles. The van der Waals surface area contributed by atoms with E-state index in [1.807, 2.05) is 56.3 Å². The predicted molar refractivity (Wildman–Crippen MR) is 107 cm³/mol. The van der Waals surface area contributed by atoms with Crippen molar-refractivity contribution < 1.29 is 19.0 Å². The number of carbonyl (C=O) groups is 1. The monoisotopic (exact) mass is 433 g/mol. The van der Waals surface area contributed by atoms with E-state index >= 15 is 0 Å². The first kappa shape index (κ1) is 19.5. The van der Waals surface area contributed by atoms with E-state index in [1.54, 1.807) is 14.0 Å². The highest BCUT2D eigenvalue weighted by atomic mass is 79.9. The van der Waals surface area contributed by atoms with E-state index in [9.17, 15) is 4.79 Å². The molecule has 0 saturated carbocycles. The van der Waals surface area contributed by atoms with Crippen LogP contribution < -0.4 is 19.5 Å². The van der Waals surface area contributed by atoms with Crippen LogP contribution in [0, 0.1) is 0 Å². The molecule has 6 heteroatoms. The summed E-state index contributed by atoms with van der Waals surface area (Å²) in [7, 11) is 1.62. The highest BCUT2D eigenvalue weighted by Crippen LogP contribution is 2.41. The fourth-order valence-electron chi connectivity index (χ4n) is 3.15. The zero-order valence-electron chi connectivity index (χ0n) is 15.9. The van der Waals surface area contributed by atoms with Crippen molar-refractivity contribution in [1.29, 1.82) is 0 Å². The molecule has 0 unspecified atom stereocenters. The summed E-state index contributed by atoms with van der Waals surface area (Å²) in [5, 5.41) is 3.11. The molecular weight excluding hydrogens is 410 g/mol. The highest BCUT2D eigenvalue weighted by molar-refractivity contribution is 9.10. The number of methoxy groups -OCH3 is 1. The lowest BCUT2D eigenvalue weighted by atomic mass is 9.89. The molecule has 1 amide bonds. The lowest BCUT2D eigenvalue weighted by Crippen LogP contribution is -2.44. The molecule has 2 atom stereocenters. The normalized spacial score (nSPS) is 18.6. The van der Waals surface area contributed by atoms with Gasteiger partial charge in [0, 0.05) is 22.5 Å². The first-order valence-corrected chi connectivity index (χ1v) is 9.66. The Kier molecular flexibility index (Phi) is 5.65. The maximum absolute atomic E-state index is 12.7. The Bertz CT molecular complexity index is 819. The van der Waals surface area contributed by atoms with Crippen LogP contribution in [0.25, 0.3) is 0 Å². The van der Waals surface area contributed by atoms with Gasteiger partial charge in [-0.1, -0.05) is 15.9 Å². The molecule has 1 N–H and O–H groups in total. The van der Waals surface area contributed by atoms with Crippen molar-refractivity contribution >= 4 is 21.8 Å². The number of fused-ring (bicyclic) bond motifs is 1. The second kappa shape index (κ2) is 7.80. The smallest absolute Gasteiger partial charge is 0.261 e. The fourth-order valence-corrected chi connectivity index (χ4v) is 3.41. The van der Waals surface area contributed by atoms with Crippen LogP contribution in [0.4, 0.5) is 0 Å². The van der Waals surface area contributed by atoms with Crippen LogP contribution in [-0.4, -0.2) is 24.7 Å². The van der Waals surface area contributed by atoms with E-state index in [4.69, 9.17) is 14.2 Å². The molecule has 2 aromatic carbocycles. The maximum atomic E-state index is 12.7. The van der Waals surface area contributed by atoms with Crippen molar-refractivity contribution in [2.24, 2.45) is 0 Å².